The second-order valence-electron chi connectivity index (χ2n) is 9.48. The fourth-order valence-electron chi connectivity index (χ4n) is 4.84. The maximum Gasteiger partial charge on any atom is 0.123 e. The molecule has 0 saturated carbocycles. The van der Waals surface area contributed by atoms with Crippen LogP contribution in [0.3, 0.4) is 0 Å². The van der Waals surface area contributed by atoms with Gasteiger partial charge in [0, 0.05) is 56.9 Å². The Kier molecular flexibility index (Phi) is 8.57. The quantitative estimate of drug-likeness (QED) is 0.251. The lowest BCUT2D eigenvalue weighted by molar-refractivity contribution is 0.411. The smallest absolute Gasteiger partial charge is 0.123 e. The van der Waals surface area contributed by atoms with Crippen LogP contribution in [-0.2, 0) is 11.5 Å². The maximum atomic E-state index is 5.74. The first-order chi connectivity index (χ1) is 18.1. The van der Waals surface area contributed by atoms with Gasteiger partial charge >= 0.3 is 0 Å². The molecule has 0 atom stereocenters. The molecule has 6 heteroatoms. The van der Waals surface area contributed by atoms with E-state index in [0.717, 1.165) is 61.8 Å². The lowest BCUT2D eigenvalue weighted by Crippen LogP contribution is -1.99. The van der Waals surface area contributed by atoms with Gasteiger partial charge < -0.3 is 9.47 Å². The Morgan fingerprint density at radius 3 is 1.57 bits per heavy atom. The lowest BCUT2D eigenvalue weighted by atomic mass is 10.1. The molecule has 0 aromatic heterocycles. The van der Waals surface area contributed by atoms with E-state index in [1.54, 1.807) is 14.2 Å². The van der Waals surface area contributed by atoms with E-state index in [0.29, 0.717) is 0 Å². The van der Waals surface area contributed by atoms with Gasteiger partial charge in [0.1, 0.15) is 11.5 Å². The van der Waals surface area contributed by atoms with E-state index in [2.05, 4.69) is 71.5 Å². The van der Waals surface area contributed by atoms with E-state index in [1.165, 1.54) is 49.0 Å². The number of aliphatic imine (C=N–C) groups is 2. The molecular formula is C31H34N2O2S2. The monoisotopic (exact) mass is 530 g/mol. The third kappa shape index (κ3) is 6.42. The zero-order valence-electron chi connectivity index (χ0n) is 21.9. The van der Waals surface area contributed by atoms with Gasteiger partial charge in [0.05, 0.1) is 14.2 Å². The summed E-state index contributed by atoms with van der Waals surface area (Å²) < 4.78 is 11.5. The number of nitrogens with zero attached hydrogens (tertiary/aromatic N) is 2. The van der Waals surface area contributed by atoms with Crippen molar-refractivity contribution in [1.82, 2.24) is 0 Å². The molecule has 0 unspecified atom stereocenters. The molecule has 0 N–H and O–H groups in total. The van der Waals surface area contributed by atoms with Crippen LogP contribution in [0.1, 0.15) is 53.5 Å². The minimum atomic E-state index is 0.864. The van der Waals surface area contributed by atoms with Gasteiger partial charge in [0.25, 0.3) is 0 Å². The molecule has 192 valence electrons. The van der Waals surface area contributed by atoms with Crippen LogP contribution in [0.15, 0.2) is 74.4 Å². The molecule has 2 aliphatic rings. The highest BCUT2D eigenvalue weighted by Gasteiger charge is 2.14. The van der Waals surface area contributed by atoms with Crippen molar-refractivity contribution in [3.8, 4) is 11.5 Å². The van der Waals surface area contributed by atoms with Crippen molar-refractivity contribution in [3.63, 3.8) is 0 Å². The second-order valence-corrected chi connectivity index (χ2v) is 11.6. The van der Waals surface area contributed by atoms with Crippen LogP contribution in [0.2, 0.25) is 0 Å². The molecule has 0 radical (unpaired) electrons. The van der Waals surface area contributed by atoms with E-state index in [1.807, 2.05) is 23.5 Å². The largest absolute Gasteiger partial charge is 0.496 e. The molecule has 37 heavy (non-hydrogen) atoms. The first-order valence-corrected chi connectivity index (χ1v) is 14.9. The normalized spacial score (nSPS) is 15.0. The number of ether oxygens (including phenoxy) is 2. The Morgan fingerprint density at radius 2 is 1.16 bits per heavy atom. The molecule has 5 rings (SSSR count). The number of methoxy groups -OCH3 is 2. The van der Waals surface area contributed by atoms with Gasteiger partial charge in [-0.15, -0.1) is 23.5 Å². The van der Waals surface area contributed by atoms with Crippen LogP contribution in [0.5, 0.6) is 11.5 Å². The third-order valence-corrected chi connectivity index (χ3v) is 8.85. The van der Waals surface area contributed by atoms with Crippen molar-refractivity contribution in [2.75, 3.05) is 27.3 Å². The molecule has 3 aromatic rings. The summed E-state index contributed by atoms with van der Waals surface area (Å²) in [4.78, 5) is 11.8. The highest BCUT2D eigenvalue weighted by atomic mass is 32.2. The van der Waals surface area contributed by atoms with Gasteiger partial charge in [-0.3, -0.25) is 9.98 Å². The molecule has 0 aliphatic carbocycles. The number of aryl methyl sites for hydroxylation is 1. The van der Waals surface area contributed by atoms with E-state index < -0.39 is 0 Å². The van der Waals surface area contributed by atoms with Crippen molar-refractivity contribution in [1.29, 1.82) is 0 Å². The van der Waals surface area contributed by atoms with E-state index in [-0.39, 0.29) is 0 Å². The highest BCUT2D eigenvalue weighted by Crippen LogP contribution is 2.35. The van der Waals surface area contributed by atoms with Crippen LogP contribution in [0, 0.1) is 6.92 Å². The molecule has 4 nitrogen and oxygen atoms in total. The zero-order chi connectivity index (χ0) is 25.6. The summed E-state index contributed by atoms with van der Waals surface area (Å²) in [5, 5.41) is 0. The predicted molar refractivity (Wildman–Crippen MR) is 158 cm³/mol. The van der Waals surface area contributed by atoms with Crippen molar-refractivity contribution >= 4 is 34.9 Å². The number of thioether (sulfide) groups is 2. The fraction of sp³-hybridized carbons (Fsp3) is 0.355. The molecule has 0 amide bonds. The maximum absolute atomic E-state index is 5.74. The molecule has 0 spiro atoms. The second kappa shape index (κ2) is 12.2. The van der Waals surface area contributed by atoms with Gasteiger partial charge in [-0.2, -0.15) is 0 Å². The van der Waals surface area contributed by atoms with Crippen molar-refractivity contribution in [3.05, 3.63) is 82.4 Å². The fourth-order valence-corrected chi connectivity index (χ4v) is 6.99. The number of benzene rings is 3. The van der Waals surface area contributed by atoms with Gasteiger partial charge in [0.15, 0.2) is 0 Å². The summed E-state index contributed by atoms with van der Waals surface area (Å²) in [6.45, 7) is 4.05. The Morgan fingerprint density at radius 1 is 0.676 bits per heavy atom. The summed E-state index contributed by atoms with van der Waals surface area (Å²) in [5.74, 6) is 3.62. The van der Waals surface area contributed by atoms with Crippen molar-refractivity contribution in [2.45, 2.75) is 53.9 Å². The average molecular weight is 531 g/mol. The van der Waals surface area contributed by atoms with E-state index in [9.17, 15) is 0 Å². The predicted octanol–water partition coefficient (Wildman–Crippen LogP) is 7.76. The molecule has 0 fully saturated rings. The molecule has 0 bridgehead atoms. The van der Waals surface area contributed by atoms with E-state index >= 15 is 0 Å². The van der Waals surface area contributed by atoms with Crippen LogP contribution in [0.25, 0.3) is 0 Å². The van der Waals surface area contributed by atoms with E-state index in [4.69, 9.17) is 9.47 Å². The Labute approximate surface area is 229 Å². The average Bonchev–Trinajstić information content (AvgIpc) is 3.65. The first-order valence-electron chi connectivity index (χ1n) is 12.9. The molecule has 2 heterocycles. The minimum absolute atomic E-state index is 0.864. The van der Waals surface area contributed by atoms with Crippen LogP contribution < -0.4 is 9.47 Å². The molecular weight excluding hydrogens is 496 g/mol. The first kappa shape index (κ1) is 25.9. The Bertz CT molecular complexity index is 1240. The summed E-state index contributed by atoms with van der Waals surface area (Å²) in [6.07, 6.45) is 4.42. The van der Waals surface area contributed by atoms with Crippen LogP contribution in [-0.4, -0.2) is 38.7 Å². The van der Waals surface area contributed by atoms with Gasteiger partial charge in [-0.25, -0.2) is 0 Å². The lowest BCUT2D eigenvalue weighted by Gasteiger charge is -2.13. The van der Waals surface area contributed by atoms with Crippen molar-refractivity contribution < 1.29 is 9.47 Å². The number of rotatable bonds is 10. The van der Waals surface area contributed by atoms with Crippen LogP contribution in [0.4, 0.5) is 0 Å². The highest BCUT2D eigenvalue weighted by molar-refractivity contribution is 7.99. The minimum Gasteiger partial charge on any atom is -0.496 e. The topological polar surface area (TPSA) is 43.2 Å². The molecule has 2 aliphatic heterocycles. The Hall–Kier alpha value is -2.70. The summed E-state index contributed by atoms with van der Waals surface area (Å²) in [7, 11) is 3.51. The van der Waals surface area contributed by atoms with Crippen LogP contribution >= 0.6 is 23.5 Å². The third-order valence-electron chi connectivity index (χ3n) is 6.80. The Balaban J connectivity index is 1.25. The zero-order valence-corrected chi connectivity index (χ0v) is 23.5. The molecule has 3 aromatic carbocycles. The number of hydrogen-bond acceptors (Lipinski definition) is 6. The standard InChI is InChI=1S/C31H34N2O2S2/c1-21-14-26(36-19-24-10-8-22(16-30(24)34-2)28-6-4-12-32-28)18-27(15-21)37-20-25-11-9-23(17-31(25)35-3)29-7-5-13-33-29/h8-11,14-18H,4-7,12-13,19-20H2,1-3H3. The SMILES string of the molecule is COc1cc(C2=NCCC2)ccc1CSc1cc(C)cc(SCc2ccc(C3=NCCC3)cc2OC)c1. The van der Waals surface area contributed by atoms with Crippen molar-refractivity contribution in [2.24, 2.45) is 9.98 Å². The summed E-state index contributed by atoms with van der Waals surface area (Å²) in [6, 6.07) is 19.9. The van der Waals surface area contributed by atoms with Gasteiger partial charge in [-0.1, -0.05) is 24.3 Å². The van der Waals surface area contributed by atoms with Gasteiger partial charge in [0.2, 0.25) is 0 Å². The summed E-state index contributed by atoms with van der Waals surface area (Å²) >= 11 is 3.71. The molecule has 0 saturated heterocycles. The summed E-state index contributed by atoms with van der Waals surface area (Å²) in [5.41, 5.74) is 8.49. The number of hydrogen-bond donors (Lipinski definition) is 0. The van der Waals surface area contributed by atoms with Gasteiger partial charge in [-0.05, 0) is 79.6 Å².